The highest BCUT2D eigenvalue weighted by atomic mass is 19.4. The zero-order valence-electron chi connectivity index (χ0n) is 22.5. The summed E-state index contributed by atoms with van der Waals surface area (Å²) < 4.78 is 97.5. The Labute approximate surface area is 242 Å². The molecule has 0 aromatic heterocycles. The van der Waals surface area contributed by atoms with Crippen molar-refractivity contribution in [3.05, 3.63) is 120 Å². The van der Waals surface area contributed by atoms with E-state index in [1.807, 2.05) is 0 Å². The maximum Gasteiger partial charge on any atom is 0.573 e. The maximum absolute atomic E-state index is 13.1. The van der Waals surface area contributed by atoms with Crippen LogP contribution < -0.4 is 24.3 Å². The first-order valence-corrected chi connectivity index (χ1v) is 12.7. The van der Waals surface area contributed by atoms with Crippen LogP contribution in [0.5, 0.6) is 23.0 Å². The molecule has 12 heteroatoms. The Morgan fingerprint density at radius 1 is 0.651 bits per heavy atom. The molecule has 1 amide bonds. The molecular weight excluding hydrogens is 580 g/mol. The molecule has 0 saturated heterocycles. The van der Waals surface area contributed by atoms with Crippen molar-refractivity contribution in [2.45, 2.75) is 24.6 Å². The second kappa shape index (κ2) is 13.0. The van der Waals surface area contributed by atoms with Crippen LogP contribution in [-0.2, 0) is 11.8 Å². The number of ether oxygens (including phenoxy) is 4. The molecule has 1 N–H and O–H groups in total. The highest BCUT2D eigenvalue weighted by Gasteiger charge is 2.38. The van der Waals surface area contributed by atoms with Gasteiger partial charge in [0.05, 0.1) is 7.11 Å². The number of nitrogens with one attached hydrogen (secondary N) is 1. The van der Waals surface area contributed by atoms with Gasteiger partial charge in [0.1, 0.15) is 23.0 Å². The Hall–Kier alpha value is -4.87. The minimum Gasteiger partial charge on any atom is -0.497 e. The van der Waals surface area contributed by atoms with Gasteiger partial charge in [0.15, 0.2) is 0 Å². The molecule has 4 aromatic carbocycles. The van der Waals surface area contributed by atoms with Crippen LogP contribution in [-0.4, -0.2) is 32.5 Å². The minimum absolute atomic E-state index is 0.0433. The van der Waals surface area contributed by atoms with Gasteiger partial charge in [-0.05, 0) is 71.6 Å². The standard InChI is InChI=1S/C31H25F6NO5/c1-40-24-13-15-25(16-14-24)41-28(39)38-20-29(19-21-7-3-2-4-8-21,22-9-5-11-26(17-22)42-30(32,33)34)23-10-6-12-27(18-23)43-31(35,36)37/h2-18H,19-20H2,1H3,(H,38,39). The van der Waals surface area contributed by atoms with Crippen LogP contribution in [0.2, 0.25) is 0 Å². The third kappa shape index (κ3) is 8.81. The van der Waals surface area contributed by atoms with Gasteiger partial charge in [-0.25, -0.2) is 4.79 Å². The van der Waals surface area contributed by atoms with Gasteiger partial charge in [-0.1, -0.05) is 54.6 Å². The van der Waals surface area contributed by atoms with E-state index in [2.05, 4.69) is 14.8 Å². The van der Waals surface area contributed by atoms with Gasteiger partial charge in [0.2, 0.25) is 0 Å². The number of amides is 1. The molecule has 4 aromatic rings. The van der Waals surface area contributed by atoms with Crippen molar-refractivity contribution in [3.8, 4) is 23.0 Å². The quantitative estimate of drug-likeness (QED) is 0.187. The fraction of sp³-hybridized carbons (Fsp3) is 0.194. The molecule has 0 spiro atoms. The SMILES string of the molecule is COc1ccc(OC(=O)NCC(Cc2ccccc2)(c2cccc(OC(F)(F)F)c2)c2cccc(OC(F)(F)F)c2)cc1. The van der Waals surface area contributed by atoms with E-state index in [0.29, 0.717) is 11.3 Å². The van der Waals surface area contributed by atoms with E-state index in [1.54, 1.807) is 42.5 Å². The van der Waals surface area contributed by atoms with Crippen molar-refractivity contribution in [1.82, 2.24) is 5.32 Å². The Morgan fingerprint density at radius 3 is 1.65 bits per heavy atom. The predicted octanol–water partition coefficient (Wildman–Crippen LogP) is 7.81. The summed E-state index contributed by atoms with van der Waals surface area (Å²) in [6.07, 6.45) is -10.9. The van der Waals surface area contributed by atoms with E-state index in [4.69, 9.17) is 9.47 Å². The highest BCUT2D eigenvalue weighted by Crippen LogP contribution is 2.40. The number of benzene rings is 4. The largest absolute Gasteiger partial charge is 0.573 e. The van der Waals surface area contributed by atoms with E-state index in [1.165, 1.54) is 43.5 Å². The maximum atomic E-state index is 13.1. The second-order valence-corrected chi connectivity index (χ2v) is 9.31. The number of rotatable bonds is 10. The van der Waals surface area contributed by atoms with Crippen molar-refractivity contribution < 1.29 is 50.1 Å². The summed E-state index contributed by atoms with van der Waals surface area (Å²) in [7, 11) is 1.47. The number of methoxy groups -OCH3 is 1. The lowest BCUT2D eigenvalue weighted by atomic mass is 9.70. The summed E-state index contributed by atoms with van der Waals surface area (Å²) in [5.41, 5.74) is -0.327. The molecule has 0 fully saturated rings. The molecule has 0 bridgehead atoms. The van der Waals surface area contributed by atoms with Gasteiger partial charge in [0, 0.05) is 12.0 Å². The van der Waals surface area contributed by atoms with E-state index >= 15 is 0 Å². The average Bonchev–Trinajstić information content (AvgIpc) is 2.95. The molecular formula is C31H25F6NO5. The molecule has 0 radical (unpaired) electrons. The van der Waals surface area contributed by atoms with Crippen molar-refractivity contribution in [2.75, 3.05) is 13.7 Å². The monoisotopic (exact) mass is 605 g/mol. The summed E-state index contributed by atoms with van der Waals surface area (Å²) in [4.78, 5) is 12.9. The van der Waals surface area contributed by atoms with E-state index in [9.17, 15) is 31.1 Å². The summed E-state index contributed by atoms with van der Waals surface area (Å²) in [5, 5.41) is 2.63. The van der Waals surface area contributed by atoms with E-state index < -0.39 is 35.7 Å². The first kappa shape index (κ1) is 31.1. The second-order valence-electron chi connectivity index (χ2n) is 9.31. The van der Waals surface area contributed by atoms with E-state index in [-0.39, 0.29) is 29.8 Å². The summed E-state index contributed by atoms with van der Waals surface area (Å²) in [6.45, 7) is -0.304. The van der Waals surface area contributed by atoms with Crippen LogP contribution >= 0.6 is 0 Å². The van der Waals surface area contributed by atoms with Crippen LogP contribution in [0, 0.1) is 0 Å². The Bertz CT molecular complexity index is 1450. The molecule has 0 aliphatic rings. The third-order valence-corrected chi connectivity index (χ3v) is 6.39. The molecule has 0 saturated carbocycles. The fourth-order valence-corrected chi connectivity index (χ4v) is 4.57. The fourth-order valence-electron chi connectivity index (χ4n) is 4.57. The van der Waals surface area contributed by atoms with Crippen LogP contribution in [0.15, 0.2) is 103 Å². The minimum atomic E-state index is -5.00. The first-order chi connectivity index (χ1) is 20.3. The van der Waals surface area contributed by atoms with Crippen LogP contribution in [0.25, 0.3) is 0 Å². The lowest BCUT2D eigenvalue weighted by molar-refractivity contribution is -0.275. The smallest absolute Gasteiger partial charge is 0.497 e. The predicted molar refractivity (Wildman–Crippen MR) is 144 cm³/mol. The van der Waals surface area contributed by atoms with Crippen molar-refractivity contribution in [3.63, 3.8) is 0 Å². The number of hydrogen-bond donors (Lipinski definition) is 1. The van der Waals surface area contributed by atoms with Gasteiger partial charge < -0.3 is 24.3 Å². The molecule has 0 unspecified atom stereocenters. The van der Waals surface area contributed by atoms with Crippen LogP contribution in [0.3, 0.4) is 0 Å². The van der Waals surface area contributed by atoms with Gasteiger partial charge in [-0.15, -0.1) is 26.3 Å². The van der Waals surface area contributed by atoms with Gasteiger partial charge >= 0.3 is 18.8 Å². The summed E-state index contributed by atoms with van der Waals surface area (Å²) in [5.74, 6) is -0.401. The van der Waals surface area contributed by atoms with Gasteiger partial charge in [-0.2, -0.15) is 0 Å². The first-order valence-electron chi connectivity index (χ1n) is 12.7. The van der Waals surface area contributed by atoms with E-state index in [0.717, 1.165) is 24.3 Å². The molecule has 4 rings (SSSR count). The lowest BCUT2D eigenvalue weighted by Crippen LogP contribution is -2.44. The number of carbonyl (C=O) groups excluding carboxylic acids is 1. The zero-order chi connectivity index (χ0) is 31.1. The molecule has 226 valence electrons. The third-order valence-electron chi connectivity index (χ3n) is 6.39. The molecule has 0 aliphatic carbocycles. The lowest BCUT2D eigenvalue weighted by Gasteiger charge is -2.36. The zero-order valence-corrected chi connectivity index (χ0v) is 22.5. The average molecular weight is 606 g/mol. The summed E-state index contributed by atoms with van der Waals surface area (Å²) >= 11 is 0. The molecule has 6 nitrogen and oxygen atoms in total. The number of hydrogen-bond acceptors (Lipinski definition) is 5. The van der Waals surface area contributed by atoms with Crippen molar-refractivity contribution >= 4 is 6.09 Å². The van der Waals surface area contributed by atoms with Crippen molar-refractivity contribution in [1.29, 1.82) is 0 Å². The normalized spacial score (nSPS) is 11.9. The van der Waals surface area contributed by atoms with Gasteiger partial charge in [-0.3, -0.25) is 0 Å². The number of alkyl halides is 6. The number of carbonyl (C=O) groups is 1. The molecule has 0 atom stereocenters. The van der Waals surface area contributed by atoms with Crippen LogP contribution in [0.1, 0.15) is 16.7 Å². The topological polar surface area (TPSA) is 66.0 Å². The molecule has 0 heterocycles. The Balaban J connectivity index is 1.80. The molecule has 0 aliphatic heterocycles. The van der Waals surface area contributed by atoms with Crippen molar-refractivity contribution in [2.24, 2.45) is 0 Å². The highest BCUT2D eigenvalue weighted by molar-refractivity contribution is 5.71. The number of halogens is 6. The summed E-state index contributed by atoms with van der Waals surface area (Å²) in [6, 6.07) is 24.9. The molecule has 43 heavy (non-hydrogen) atoms. The van der Waals surface area contributed by atoms with Crippen LogP contribution in [0.4, 0.5) is 31.1 Å². The Morgan fingerprint density at radius 2 is 1.16 bits per heavy atom. The Kier molecular flexibility index (Phi) is 9.37. The van der Waals surface area contributed by atoms with Gasteiger partial charge in [0.25, 0.3) is 0 Å².